The van der Waals surface area contributed by atoms with Crippen LogP contribution >= 0.6 is 0 Å². The van der Waals surface area contributed by atoms with Gasteiger partial charge in [-0.1, -0.05) is 17.7 Å². The van der Waals surface area contributed by atoms with Crippen molar-refractivity contribution < 1.29 is 8.42 Å². The van der Waals surface area contributed by atoms with Crippen LogP contribution in [-0.4, -0.2) is 45.6 Å². The summed E-state index contributed by atoms with van der Waals surface area (Å²) in [7, 11) is -2.78. The monoisotopic (exact) mass is 296 g/mol. The highest BCUT2D eigenvalue weighted by atomic mass is 32.2. The zero-order valence-electron chi connectivity index (χ0n) is 12.3. The first-order valence-corrected chi connectivity index (χ1v) is 9.08. The number of hydrogen-bond donors (Lipinski definition) is 1. The lowest BCUT2D eigenvalue weighted by Crippen LogP contribution is -2.37. The van der Waals surface area contributed by atoms with Crippen LogP contribution in [0.25, 0.3) is 0 Å². The quantitative estimate of drug-likeness (QED) is 0.866. The van der Waals surface area contributed by atoms with Gasteiger partial charge in [-0.25, -0.2) is 8.42 Å². The van der Waals surface area contributed by atoms with Crippen molar-refractivity contribution in [2.45, 2.75) is 26.3 Å². The molecule has 1 aliphatic rings. The van der Waals surface area contributed by atoms with Crippen LogP contribution in [0, 0.1) is 6.92 Å². The van der Waals surface area contributed by atoms with Gasteiger partial charge < -0.3 is 10.2 Å². The maximum absolute atomic E-state index is 11.4. The molecule has 1 aromatic carbocycles. The van der Waals surface area contributed by atoms with Gasteiger partial charge in [0.25, 0.3) is 0 Å². The van der Waals surface area contributed by atoms with E-state index >= 15 is 0 Å². The van der Waals surface area contributed by atoms with Crippen LogP contribution in [0.2, 0.25) is 0 Å². The summed E-state index contributed by atoms with van der Waals surface area (Å²) in [6, 6.07) is 8.65. The molecule has 1 unspecified atom stereocenters. The molecule has 1 saturated heterocycles. The Hall–Kier alpha value is -1.07. The molecule has 2 rings (SSSR count). The number of hydrogen-bond acceptors (Lipinski definition) is 4. The van der Waals surface area contributed by atoms with Gasteiger partial charge >= 0.3 is 0 Å². The van der Waals surface area contributed by atoms with Gasteiger partial charge in [-0.05, 0) is 32.4 Å². The molecule has 0 aliphatic carbocycles. The molecule has 1 heterocycles. The molecule has 0 aromatic heterocycles. The van der Waals surface area contributed by atoms with E-state index in [0.717, 1.165) is 26.1 Å². The summed E-state index contributed by atoms with van der Waals surface area (Å²) in [5.74, 6) is 0.629. The first-order chi connectivity index (χ1) is 9.50. The van der Waals surface area contributed by atoms with Crippen molar-refractivity contribution in [3.63, 3.8) is 0 Å². The number of likely N-dealkylation sites (N-methyl/N-ethyl adjacent to an activating group) is 1. The Balaban J connectivity index is 1.81. The normalized spacial score (nSPS) is 21.0. The van der Waals surface area contributed by atoms with Crippen LogP contribution in [-0.2, 0) is 9.84 Å². The molecule has 5 heteroatoms. The van der Waals surface area contributed by atoms with Gasteiger partial charge in [0.05, 0.1) is 11.5 Å². The van der Waals surface area contributed by atoms with E-state index in [4.69, 9.17) is 0 Å². The van der Waals surface area contributed by atoms with E-state index < -0.39 is 9.84 Å². The predicted molar refractivity (Wildman–Crippen MR) is 84.1 cm³/mol. The summed E-state index contributed by atoms with van der Waals surface area (Å²) in [5.41, 5.74) is 2.48. The van der Waals surface area contributed by atoms with E-state index in [9.17, 15) is 8.42 Å². The summed E-state index contributed by atoms with van der Waals surface area (Å²) < 4.78 is 22.8. The Morgan fingerprint density at radius 2 is 2.00 bits per heavy atom. The van der Waals surface area contributed by atoms with Crippen molar-refractivity contribution in [1.29, 1.82) is 0 Å². The zero-order valence-corrected chi connectivity index (χ0v) is 13.1. The van der Waals surface area contributed by atoms with E-state index in [-0.39, 0.29) is 6.04 Å². The molecule has 1 aliphatic heterocycles. The molecular weight excluding hydrogens is 272 g/mol. The van der Waals surface area contributed by atoms with Crippen molar-refractivity contribution in [2.24, 2.45) is 0 Å². The largest absolute Gasteiger partial charge is 0.371 e. The minimum Gasteiger partial charge on any atom is -0.371 e. The molecule has 0 saturated carbocycles. The van der Waals surface area contributed by atoms with Gasteiger partial charge in [0, 0.05) is 31.4 Å². The van der Waals surface area contributed by atoms with Crippen molar-refractivity contribution in [1.82, 2.24) is 5.32 Å². The van der Waals surface area contributed by atoms with E-state index in [1.54, 1.807) is 0 Å². The zero-order chi connectivity index (χ0) is 14.6. The Labute approximate surface area is 122 Å². The maximum atomic E-state index is 11.4. The van der Waals surface area contributed by atoms with Crippen molar-refractivity contribution in [3.8, 4) is 0 Å². The molecule has 1 fully saturated rings. The third kappa shape index (κ3) is 4.21. The highest BCUT2D eigenvalue weighted by Gasteiger charge is 2.27. The van der Waals surface area contributed by atoms with Crippen molar-refractivity contribution in [3.05, 3.63) is 29.8 Å². The number of benzene rings is 1. The molecule has 1 atom stereocenters. The molecule has 4 nitrogen and oxygen atoms in total. The molecule has 20 heavy (non-hydrogen) atoms. The average Bonchev–Trinajstić information content (AvgIpc) is 2.76. The molecule has 1 aromatic rings. The Morgan fingerprint density at radius 3 is 2.55 bits per heavy atom. The van der Waals surface area contributed by atoms with Crippen molar-refractivity contribution >= 4 is 15.5 Å². The lowest BCUT2D eigenvalue weighted by Gasteiger charge is -2.24. The first-order valence-electron chi connectivity index (χ1n) is 7.25. The Kier molecular flexibility index (Phi) is 5.05. The summed E-state index contributed by atoms with van der Waals surface area (Å²) in [6.45, 7) is 6.90. The summed E-state index contributed by atoms with van der Waals surface area (Å²) in [6.07, 6.45) is 0.749. The lowest BCUT2D eigenvalue weighted by atomic mass is 10.2. The van der Waals surface area contributed by atoms with Gasteiger partial charge in [0.15, 0.2) is 9.84 Å². The van der Waals surface area contributed by atoms with Crippen molar-refractivity contribution in [2.75, 3.05) is 36.0 Å². The van der Waals surface area contributed by atoms with Gasteiger partial charge in [0.1, 0.15) is 0 Å². The fraction of sp³-hybridized carbons (Fsp3) is 0.600. The molecule has 0 radical (unpaired) electrons. The topological polar surface area (TPSA) is 49.4 Å². The van der Waals surface area contributed by atoms with E-state index in [0.29, 0.717) is 11.5 Å². The molecule has 0 amide bonds. The number of anilines is 1. The third-order valence-electron chi connectivity index (χ3n) is 3.83. The Bertz CT molecular complexity index is 525. The van der Waals surface area contributed by atoms with Gasteiger partial charge in [0.2, 0.25) is 0 Å². The third-order valence-corrected chi connectivity index (χ3v) is 5.60. The second-order valence-corrected chi connectivity index (χ2v) is 7.70. The smallest absolute Gasteiger partial charge is 0.151 e. The number of aryl methyl sites for hydroxylation is 1. The number of rotatable bonds is 6. The van der Waals surface area contributed by atoms with Crippen LogP contribution in [0.1, 0.15) is 18.9 Å². The van der Waals surface area contributed by atoms with E-state index in [1.807, 2.05) is 0 Å². The highest BCUT2D eigenvalue weighted by molar-refractivity contribution is 7.91. The summed E-state index contributed by atoms with van der Waals surface area (Å²) in [5, 5.41) is 3.36. The summed E-state index contributed by atoms with van der Waals surface area (Å²) in [4.78, 5) is 2.30. The van der Waals surface area contributed by atoms with E-state index in [1.165, 1.54) is 11.3 Å². The lowest BCUT2D eigenvalue weighted by molar-refractivity contribution is 0.553. The fourth-order valence-corrected chi connectivity index (χ4v) is 4.29. The SMILES string of the molecule is CCN(CCNC1CCS(=O)(=O)C1)c1ccc(C)cc1. The van der Waals surface area contributed by atoms with Crippen LogP contribution in [0.15, 0.2) is 24.3 Å². The minimum atomic E-state index is -2.78. The van der Waals surface area contributed by atoms with Gasteiger partial charge in [-0.2, -0.15) is 0 Å². The van der Waals surface area contributed by atoms with Gasteiger partial charge in [-0.15, -0.1) is 0 Å². The minimum absolute atomic E-state index is 0.136. The van der Waals surface area contributed by atoms with Crippen LogP contribution in [0.4, 0.5) is 5.69 Å². The predicted octanol–water partition coefficient (Wildman–Crippen LogP) is 1.60. The van der Waals surface area contributed by atoms with Crippen LogP contribution in [0.5, 0.6) is 0 Å². The highest BCUT2D eigenvalue weighted by Crippen LogP contribution is 2.15. The molecule has 0 bridgehead atoms. The van der Waals surface area contributed by atoms with E-state index in [2.05, 4.69) is 48.3 Å². The van der Waals surface area contributed by atoms with Crippen LogP contribution < -0.4 is 10.2 Å². The van der Waals surface area contributed by atoms with Gasteiger partial charge in [-0.3, -0.25) is 0 Å². The molecule has 0 spiro atoms. The first kappa shape index (κ1) is 15.3. The standard InChI is InChI=1S/C15H24N2O2S/c1-3-17(15-6-4-13(2)5-7-15)10-9-16-14-8-11-20(18,19)12-14/h4-7,14,16H,3,8-12H2,1-2H3. The molecular formula is C15H24N2O2S. The number of nitrogens with zero attached hydrogens (tertiary/aromatic N) is 1. The number of sulfone groups is 1. The molecule has 1 N–H and O–H groups in total. The summed E-state index contributed by atoms with van der Waals surface area (Å²) >= 11 is 0. The molecule has 112 valence electrons. The second kappa shape index (κ2) is 6.59. The fourth-order valence-electron chi connectivity index (χ4n) is 2.58. The average molecular weight is 296 g/mol. The second-order valence-electron chi connectivity index (χ2n) is 5.47. The van der Waals surface area contributed by atoms with Crippen LogP contribution in [0.3, 0.4) is 0 Å². The Morgan fingerprint density at radius 1 is 1.30 bits per heavy atom. The number of nitrogens with one attached hydrogen (secondary N) is 1. The maximum Gasteiger partial charge on any atom is 0.151 e.